The van der Waals surface area contributed by atoms with E-state index in [4.69, 9.17) is 4.74 Å². The molecule has 1 aliphatic heterocycles. The fourth-order valence-electron chi connectivity index (χ4n) is 3.38. The van der Waals surface area contributed by atoms with Gasteiger partial charge in [-0.05, 0) is 30.0 Å². The highest BCUT2D eigenvalue weighted by molar-refractivity contribution is 7.88. The van der Waals surface area contributed by atoms with Crippen LogP contribution in [-0.4, -0.2) is 50.6 Å². The number of sulfonamides is 1. The SMILES string of the molecule is CS(=O)(=O)N1CCCC(NC(=O)COc2ccccc2Cc2ccccc2)C1. The molecule has 2 aromatic rings. The highest BCUT2D eigenvalue weighted by atomic mass is 32.2. The van der Waals surface area contributed by atoms with Crippen molar-refractivity contribution in [1.29, 1.82) is 0 Å². The fourth-order valence-corrected chi connectivity index (χ4v) is 4.29. The molecule has 1 atom stereocenters. The summed E-state index contributed by atoms with van der Waals surface area (Å²) >= 11 is 0. The Morgan fingerprint density at radius 1 is 1.14 bits per heavy atom. The van der Waals surface area contributed by atoms with Crippen molar-refractivity contribution in [3.05, 3.63) is 65.7 Å². The molecule has 1 saturated heterocycles. The summed E-state index contributed by atoms with van der Waals surface area (Å²) < 4.78 is 30.6. The number of carbonyl (C=O) groups is 1. The summed E-state index contributed by atoms with van der Waals surface area (Å²) in [7, 11) is -3.23. The summed E-state index contributed by atoms with van der Waals surface area (Å²) in [6.45, 7) is 0.727. The van der Waals surface area contributed by atoms with E-state index in [9.17, 15) is 13.2 Å². The van der Waals surface area contributed by atoms with Crippen LogP contribution < -0.4 is 10.1 Å². The zero-order chi connectivity index (χ0) is 20.0. The van der Waals surface area contributed by atoms with Crippen LogP contribution in [0.4, 0.5) is 0 Å². The van der Waals surface area contributed by atoms with Gasteiger partial charge in [-0.2, -0.15) is 0 Å². The molecule has 7 heteroatoms. The lowest BCUT2D eigenvalue weighted by Gasteiger charge is -2.31. The number of hydrogen-bond acceptors (Lipinski definition) is 4. The number of nitrogens with zero attached hydrogens (tertiary/aromatic N) is 1. The number of carbonyl (C=O) groups excluding carboxylic acids is 1. The van der Waals surface area contributed by atoms with E-state index in [2.05, 4.69) is 17.4 Å². The molecule has 1 aliphatic rings. The molecule has 1 unspecified atom stereocenters. The lowest BCUT2D eigenvalue weighted by molar-refractivity contribution is -0.124. The molecule has 3 rings (SSSR count). The number of piperidine rings is 1. The van der Waals surface area contributed by atoms with Crippen LogP contribution >= 0.6 is 0 Å². The molecule has 1 N–H and O–H groups in total. The second-order valence-corrected chi connectivity index (χ2v) is 9.07. The Bertz CT molecular complexity index is 900. The number of amides is 1. The average Bonchev–Trinajstić information content (AvgIpc) is 2.68. The molecule has 28 heavy (non-hydrogen) atoms. The van der Waals surface area contributed by atoms with Crippen molar-refractivity contribution in [2.45, 2.75) is 25.3 Å². The normalized spacial score (nSPS) is 17.8. The Labute approximate surface area is 166 Å². The molecular weight excluding hydrogens is 376 g/mol. The molecule has 150 valence electrons. The first-order chi connectivity index (χ1) is 13.4. The van der Waals surface area contributed by atoms with E-state index in [1.165, 1.54) is 16.1 Å². The van der Waals surface area contributed by atoms with Crippen molar-refractivity contribution < 1.29 is 17.9 Å². The first-order valence-corrected chi connectivity index (χ1v) is 11.3. The Morgan fingerprint density at radius 3 is 2.61 bits per heavy atom. The summed E-state index contributed by atoms with van der Waals surface area (Å²) in [6, 6.07) is 17.6. The first kappa shape index (κ1) is 20.4. The minimum atomic E-state index is -3.23. The zero-order valence-electron chi connectivity index (χ0n) is 16.0. The summed E-state index contributed by atoms with van der Waals surface area (Å²) in [5.41, 5.74) is 2.19. The molecule has 0 saturated carbocycles. The van der Waals surface area contributed by atoms with Gasteiger partial charge >= 0.3 is 0 Å². The van der Waals surface area contributed by atoms with E-state index in [0.717, 1.165) is 24.8 Å². The van der Waals surface area contributed by atoms with Gasteiger partial charge in [0.25, 0.3) is 5.91 Å². The number of rotatable bonds is 7. The quantitative estimate of drug-likeness (QED) is 0.770. The van der Waals surface area contributed by atoms with Crippen LogP contribution in [0.15, 0.2) is 54.6 Å². The fraction of sp³-hybridized carbons (Fsp3) is 0.381. The van der Waals surface area contributed by atoms with Crippen LogP contribution in [-0.2, 0) is 21.2 Å². The third-order valence-electron chi connectivity index (χ3n) is 4.79. The second-order valence-electron chi connectivity index (χ2n) is 7.09. The van der Waals surface area contributed by atoms with Crippen molar-refractivity contribution in [3.8, 4) is 5.75 Å². The van der Waals surface area contributed by atoms with Gasteiger partial charge in [-0.1, -0.05) is 48.5 Å². The van der Waals surface area contributed by atoms with Crippen molar-refractivity contribution in [2.24, 2.45) is 0 Å². The zero-order valence-corrected chi connectivity index (χ0v) is 16.8. The predicted molar refractivity (Wildman–Crippen MR) is 109 cm³/mol. The van der Waals surface area contributed by atoms with E-state index in [1.807, 2.05) is 42.5 Å². The number of ether oxygens (including phenoxy) is 1. The summed E-state index contributed by atoms with van der Waals surface area (Å²) in [4.78, 5) is 12.3. The molecule has 0 radical (unpaired) electrons. The molecule has 0 spiro atoms. The van der Waals surface area contributed by atoms with Crippen molar-refractivity contribution in [3.63, 3.8) is 0 Å². The maximum atomic E-state index is 12.3. The first-order valence-electron chi connectivity index (χ1n) is 9.41. The van der Waals surface area contributed by atoms with E-state index < -0.39 is 10.0 Å². The lowest BCUT2D eigenvalue weighted by Crippen LogP contribution is -2.50. The Kier molecular flexibility index (Phi) is 6.70. The van der Waals surface area contributed by atoms with Gasteiger partial charge in [0.05, 0.1) is 6.26 Å². The van der Waals surface area contributed by atoms with Crippen LogP contribution in [0, 0.1) is 0 Å². The van der Waals surface area contributed by atoms with E-state index in [1.54, 1.807) is 0 Å². The van der Waals surface area contributed by atoms with Gasteiger partial charge in [0.15, 0.2) is 6.61 Å². The van der Waals surface area contributed by atoms with Gasteiger partial charge in [0.2, 0.25) is 10.0 Å². The number of nitrogens with one attached hydrogen (secondary N) is 1. The third-order valence-corrected chi connectivity index (χ3v) is 6.06. The minimum absolute atomic E-state index is 0.0961. The molecule has 0 bridgehead atoms. The van der Waals surface area contributed by atoms with Crippen LogP contribution in [0.2, 0.25) is 0 Å². The second kappa shape index (κ2) is 9.21. The number of benzene rings is 2. The largest absolute Gasteiger partial charge is 0.483 e. The van der Waals surface area contributed by atoms with E-state index in [-0.39, 0.29) is 18.6 Å². The molecule has 1 amide bonds. The minimum Gasteiger partial charge on any atom is -0.483 e. The molecular formula is C21H26N2O4S. The highest BCUT2D eigenvalue weighted by Crippen LogP contribution is 2.21. The molecule has 0 aliphatic carbocycles. The van der Waals surface area contributed by atoms with Crippen LogP contribution in [0.25, 0.3) is 0 Å². The maximum absolute atomic E-state index is 12.3. The average molecular weight is 403 g/mol. The lowest BCUT2D eigenvalue weighted by atomic mass is 10.0. The number of hydrogen-bond donors (Lipinski definition) is 1. The summed E-state index contributed by atoms with van der Waals surface area (Å²) in [5.74, 6) is 0.442. The Morgan fingerprint density at radius 2 is 1.86 bits per heavy atom. The summed E-state index contributed by atoms with van der Waals surface area (Å²) in [6.07, 6.45) is 3.43. The smallest absolute Gasteiger partial charge is 0.258 e. The van der Waals surface area contributed by atoms with Crippen molar-refractivity contribution in [1.82, 2.24) is 9.62 Å². The number of para-hydroxylation sites is 1. The molecule has 6 nitrogen and oxygen atoms in total. The van der Waals surface area contributed by atoms with Gasteiger partial charge in [-0.15, -0.1) is 0 Å². The van der Waals surface area contributed by atoms with Gasteiger partial charge in [0.1, 0.15) is 5.75 Å². The predicted octanol–water partition coefficient (Wildman–Crippen LogP) is 2.20. The monoisotopic (exact) mass is 402 g/mol. The van der Waals surface area contributed by atoms with Gasteiger partial charge in [0, 0.05) is 25.6 Å². The van der Waals surface area contributed by atoms with E-state index >= 15 is 0 Å². The van der Waals surface area contributed by atoms with Gasteiger partial charge < -0.3 is 10.1 Å². The van der Waals surface area contributed by atoms with Gasteiger partial charge in [-0.25, -0.2) is 12.7 Å². The molecule has 1 heterocycles. The van der Waals surface area contributed by atoms with E-state index in [0.29, 0.717) is 18.8 Å². The third kappa shape index (κ3) is 5.81. The topological polar surface area (TPSA) is 75.7 Å². The van der Waals surface area contributed by atoms with Crippen LogP contribution in [0.3, 0.4) is 0 Å². The Hall–Kier alpha value is -2.38. The van der Waals surface area contributed by atoms with Gasteiger partial charge in [-0.3, -0.25) is 4.79 Å². The molecule has 1 fully saturated rings. The molecule has 2 aromatic carbocycles. The summed E-state index contributed by atoms with van der Waals surface area (Å²) in [5, 5.41) is 2.89. The van der Waals surface area contributed by atoms with Crippen LogP contribution in [0.1, 0.15) is 24.0 Å². The van der Waals surface area contributed by atoms with Crippen LogP contribution in [0.5, 0.6) is 5.75 Å². The highest BCUT2D eigenvalue weighted by Gasteiger charge is 2.26. The standard InChI is InChI=1S/C21H26N2O4S/c1-28(25,26)23-13-7-11-19(15-23)22-21(24)16-27-20-12-6-5-10-18(20)14-17-8-3-2-4-9-17/h2-6,8-10,12,19H,7,11,13-16H2,1H3,(H,22,24). The van der Waals surface area contributed by atoms with Crippen molar-refractivity contribution >= 4 is 15.9 Å². The Balaban J connectivity index is 1.55. The molecule has 0 aromatic heterocycles. The maximum Gasteiger partial charge on any atom is 0.258 e. The van der Waals surface area contributed by atoms with Crippen molar-refractivity contribution in [2.75, 3.05) is 26.0 Å².